The van der Waals surface area contributed by atoms with Gasteiger partial charge in [-0.2, -0.15) is 0 Å². The molecule has 0 fully saturated rings. The molecular formula is C16H18BrNO. The summed E-state index contributed by atoms with van der Waals surface area (Å²) in [6, 6.07) is 14.6. The minimum Gasteiger partial charge on any atom is -0.496 e. The molecule has 0 saturated carbocycles. The zero-order chi connectivity index (χ0) is 13.8. The van der Waals surface area contributed by atoms with E-state index < -0.39 is 0 Å². The number of hydrogen-bond donors (Lipinski definition) is 1. The van der Waals surface area contributed by atoms with E-state index in [2.05, 4.69) is 52.4 Å². The van der Waals surface area contributed by atoms with Crippen molar-refractivity contribution in [1.29, 1.82) is 0 Å². The lowest BCUT2D eigenvalue weighted by molar-refractivity contribution is 0.405. The zero-order valence-corrected chi connectivity index (χ0v) is 13.0. The first-order chi connectivity index (χ1) is 9.17. The van der Waals surface area contributed by atoms with Crippen LogP contribution in [0.5, 0.6) is 5.75 Å². The molecule has 1 unspecified atom stereocenters. The van der Waals surface area contributed by atoms with Gasteiger partial charge in [0.25, 0.3) is 0 Å². The smallest absolute Gasteiger partial charge is 0.123 e. The molecule has 1 atom stereocenters. The van der Waals surface area contributed by atoms with Gasteiger partial charge in [0.05, 0.1) is 13.2 Å². The topological polar surface area (TPSA) is 21.3 Å². The average Bonchev–Trinajstić information content (AvgIpc) is 2.42. The molecule has 0 spiro atoms. The minimum absolute atomic E-state index is 0.129. The molecule has 0 bridgehead atoms. The number of hydrogen-bond acceptors (Lipinski definition) is 2. The zero-order valence-electron chi connectivity index (χ0n) is 11.4. The summed E-state index contributed by atoms with van der Waals surface area (Å²) >= 11 is 3.51. The highest BCUT2D eigenvalue weighted by Gasteiger charge is 2.17. The van der Waals surface area contributed by atoms with E-state index in [1.807, 2.05) is 25.2 Å². The molecule has 2 aromatic carbocycles. The number of benzene rings is 2. The standard InChI is InChI=1S/C16H18BrNO/c1-11-10-12(17)8-9-13(11)16(18-2)14-6-4-5-7-15(14)19-3/h4-10,16,18H,1-3H3. The molecule has 0 amide bonds. The molecule has 0 radical (unpaired) electrons. The second kappa shape index (κ2) is 6.22. The van der Waals surface area contributed by atoms with Crippen LogP contribution in [0.2, 0.25) is 0 Å². The largest absolute Gasteiger partial charge is 0.496 e. The maximum Gasteiger partial charge on any atom is 0.123 e. The van der Waals surface area contributed by atoms with E-state index in [1.54, 1.807) is 7.11 Å². The highest BCUT2D eigenvalue weighted by molar-refractivity contribution is 9.10. The first kappa shape index (κ1) is 14.1. The molecule has 0 saturated heterocycles. The molecule has 2 nitrogen and oxygen atoms in total. The van der Waals surface area contributed by atoms with Crippen molar-refractivity contribution in [3.8, 4) is 5.75 Å². The van der Waals surface area contributed by atoms with Crippen molar-refractivity contribution in [3.05, 3.63) is 63.6 Å². The van der Waals surface area contributed by atoms with Crippen molar-refractivity contribution >= 4 is 15.9 Å². The van der Waals surface area contributed by atoms with Crippen molar-refractivity contribution < 1.29 is 4.74 Å². The maximum absolute atomic E-state index is 5.46. The third-order valence-electron chi connectivity index (χ3n) is 3.28. The van der Waals surface area contributed by atoms with Crippen LogP contribution in [0.3, 0.4) is 0 Å². The summed E-state index contributed by atoms with van der Waals surface area (Å²) in [5.74, 6) is 0.907. The Morgan fingerprint density at radius 1 is 1.11 bits per heavy atom. The fourth-order valence-corrected chi connectivity index (χ4v) is 2.82. The Balaban J connectivity index is 2.50. The van der Waals surface area contributed by atoms with Crippen LogP contribution in [0.25, 0.3) is 0 Å². The van der Waals surface area contributed by atoms with Gasteiger partial charge in [0.15, 0.2) is 0 Å². The lowest BCUT2D eigenvalue weighted by atomic mass is 9.94. The summed E-state index contributed by atoms with van der Waals surface area (Å²) in [6.07, 6.45) is 0. The number of nitrogens with one attached hydrogen (secondary N) is 1. The number of para-hydroxylation sites is 1. The Morgan fingerprint density at radius 2 is 1.84 bits per heavy atom. The van der Waals surface area contributed by atoms with Crippen LogP contribution < -0.4 is 10.1 Å². The van der Waals surface area contributed by atoms with E-state index >= 15 is 0 Å². The molecule has 0 aliphatic carbocycles. The van der Waals surface area contributed by atoms with E-state index in [4.69, 9.17) is 4.74 Å². The van der Waals surface area contributed by atoms with Gasteiger partial charge in [0.1, 0.15) is 5.75 Å². The van der Waals surface area contributed by atoms with Gasteiger partial charge in [-0.25, -0.2) is 0 Å². The van der Waals surface area contributed by atoms with Crippen LogP contribution in [-0.2, 0) is 0 Å². The Labute approximate surface area is 122 Å². The van der Waals surface area contributed by atoms with Crippen LogP contribution in [0.4, 0.5) is 0 Å². The Bertz CT molecular complexity index is 568. The van der Waals surface area contributed by atoms with E-state index in [0.29, 0.717) is 0 Å². The van der Waals surface area contributed by atoms with Gasteiger partial charge in [-0.1, -0.05) is 40.2 Å². The van der Waals surface area contributed by atoms with Crippen molar-refractivity contribution in [2.24, 2.45) is 0 Å². The number of rotatable bonds is 4. The van der Waals surface area contributed by atoms with Gasteiger partial charge in [-0.15, -0.1) is 0 Å². The van der Waals surface area contributed by atoms with Crippen LogP contribution in [0, 0.1) is 6.92 Å². The van der Waals surface area contributed by atoms with Gasteiger partial charge < -0.3 is 10.1 Å². The third-order valence-corrected chi connectivity index (χ3v) is 3.77. The fourth-order valence-electron chi connectivity index (χ4n) is 2.35. The van der Waals surface area contributed by atoms with Gasteiger partial charge in [0, 0.05) is 10.0 Å². The molecule has 19 heavy (non-hydrogen) atoms. The number of halogens is 1. The highest BCUT2D eigenvalue weighted by atomic mass is 79.9. The first-order valence-electron chi connectivity index (χ1n) is 6.23. The lowest BCUT2D eigenvalue weighted by Crippen LogP contribution is -2.19. The van der Waals surface area contributed by atoms with E-state index in [9.17, 15) is 0 Å². The maximum atomic E-state index is 5.46. The van der Waals surface area contributed by atoms with Gasteiger partial charge in [0.2, 0.25) is 0 Å². The van der Waals surface area contributed by atoms with Crippen LogP contribution in [-0.4, -0.2) is 14.2 Å². The van der Waals surface area contributed by atoms with Crippen molar-refractivity contribution in [1.82, 2.24) is 5.32 Å². The summed E-state index contributed by atoms with van der Waals surface area (Å²) in [7, 11) is 3.68. The summed E-state index contributed by atoms with van der Waals surface area (Å²) < 4.78 is 6.56. The molecule has 1 N–H and O–H groups in total. The Morgan fingerprint density at radius 3 is 2.47 bits per heavy atom. The summed E-state index contributed by atoms with van der Waals surface area (Å²) in [5.41, 5.74) is 3.66. The van der Waals surface area contributed by atoms with Crippen molar-refractivity contribution in [2.45, 2.75) is 13.0 Å². The minimum atomic E-state index is 0.129. The second-order valence-electron chi connectivity index (χ2n) is 4.46. The monoisotopic (exact) mass is 319 g/mol. The summed E-state index contributed by atoms with van der Waals surface area (Å²) in [4.78, 5) is 0. The normalized spacial score (nSPS) is 12.2. The molecule has 3 heteroatoms. The van der Waals surface area contributed by atoms with Gasteiger partial charge >= 0.3 is 0 Å². The molecule has 2 aromatic rings. The van der Waals surface area contributed by atoms with Gasteiger partial charge in [-0.3, -0.25) is 0 Å². The van der Waals surface area contributed by atoms with E-state index in [-0.39, 0.29) is 6.04 Å². The molecule has 0 aliphatic heterocycles. The number of aryl methyl sites for hydroxylation is 1. The first-order valence-corrected chi connectivity index (χ1v) is 7.03. The highest BCUT2D eigenvalue weighted by Crippen LogP contribution is 2.32. The molecule has 0 heterocycles. The molecule has 0 aliphatic rings. The van der Waals surface area contributed by atoms with Crippen molar-refractivity contribution in [2.75, 3.05) is 14.2 Å². The third kappa shape index (κ3) is 2.99. The van der Waals surface area contributed by atoms with Crippen LogP contribution >= 0.6 is 15.9 Å². The average molecular weight is 320 g/mol. The van der Waals surface area contributed by atoms with Crippen molar-refractivity contribution in [3.63, 3.8) is 0 Å². The van der Waals surface area contributed by atoms with Gasteiger partial charge in [-0.05, 0) is 43.3 Å². The number of ether oxygens (including phenoxy) is 1. The quantitative estimate of drug-likeness (QED) is 0.917. The lowest BCUT2D eigenvalue weighted by Gasteiger charge is -2.21. The fraction of sp³-hybridized carbons (Fsp3) is 0.250. The SMILES string of the molecule is CNC(c1ccc(Br)cc1C)c1ccccc1OC. The summed E-state index contributed by atoms with van der Waals surface area (Å²) in [5, 5.41) is 3.37. The summed E-state index contributed by atoms with van der Waals surface area (Å²) in [6.45, 7) is 2.12. The second-order valence-corrected chi connectivity index (χ2v) is 5.38. The Hall–Kier alpha value is -1.32. The predicted molar refractivity (Wildman–Crippen MR) is 82.8 cm³/mol. The molecule has 2 rings (SSSR count). The van der Waals surface area contributed by atoms with E-state index in [1.165, 1.54) is 11.1 Å². The Kier molecular flexibility index (Phi) is 4.61. The molecule has 100 valence electrons. The van der Waals surface area contributed by atoms with E-state index in [0.717, 1.165) is 15.8 Å². The number of methoxy groups -OCH3 is 1. The van der Waals surface area contributed by atoms with Crippen LogP contribution in [0.15, 0.2) is 46.9 Å². The molecule has 0 aromatic heterocycles. The predicted octanol–water partition coefficient (Wildman–Crippen LogP) is 4.07. The van der Waals surface area contributed by atoms with Crippen LogP contribution in [0.1, 0.15) is 22.7 Å². The molecular weight excluding hydrogens is 302 g/mol.